The minimum atomic E-state index is 0.0524. The minimum absolute atomic E-state index is 0.0524. The van der Waals surface area contributed by atoms with Gasteiger partial charge in [-0.15, -0.1) is 0 Å². The SMILES string of the molecule is O=C(c1cccnc1)N(Cc1ccccc1)C(CC1CCCCC1)c1ccccc1. The van der Waals surface area contributed by atoms with Crippen molar-refractivity contribution in [1.29, 1.82) is 0 Å². The standard InChI is InChI=1S/C27H30N2O/c30-27(25-17-10-18-28-20-25)29(21-23-13-6-2-7-14-23)26(24-15-8-3-9-16-24)19-22-11-4-1-5-12-22/h2-3,6-10,13-18,20,22,26H,1,4-5,11-12,19,21H2. The molecule has 0 bridgehead atoms. The van der Waals surface area contributed by atoms with E-state index in [1.807, 2.05) is 36.4 Å². The topological polar surface area (TPSA) is 33.2 Å². The molecule has 30 heavy (non-hydrogen) atoms. The van der Waals surface area contributed by atoms with E-state index in [1.54, 1.807) is 12.4 Å². The molecule has 1 saturated carbocycles. The van der Waals surface area contributed by atoms with Crippen molar-refractivity contribution in [3.63, 3.8) is 0 Å². The van der Waals surface area contributed by atoms with Crippen LogP contribution in [0.15, 0.2) is 85.2 Å². The summed E-state index contributed by atoms with van der Waals surface area (Å²) in [5, 5.41) is 0. The molecule has 3 nitrogen and oxygen atoms in total. The van der Waals surface area contributed by atoms with E-state index in [2.05, 4.69) is 46.3 Å². The number of amides is 1. The molecule has 0 spiro atoms. The summed E-state index contributed by atoms with van der Waals surface area (Å²) in [7, 11) is 0. The highest BCUT2D eigenvalue weighted by atomic mass is 16.2. The van der Waals surface area contributed by atoms with Crippen molar-refractivity contribution >= 4 is 5.91 Å². The number of benzene rings is 2. The molecule has 1 amide bonds. The monoisotopic (exact) mass is 398 g/mol. The van der Waals surface area contributed by atoms with Crippen molar-refractivity contribution in [1.82, 2.24) is 9.88 Å². The van der Waals surface area contributed by atoms with E-state index in [1.165, 1.54) is 37.7 Å². The van der Waals surface area contributed by atoms with Crippen LogP contribution in [0.5, 0.6) is 0 Å². The number of carbonyl (C=O) groups excluding carboxylic acids is 1. The third-order valence-electron chi connectivity index (χ3n) is 6.21. The van der Waals surface area contributed by atoms with Crippen LogP contribution in [0.4, 0.5) is 0 Å². The molecule has 0 aliphatic heterocycles. The van der Waals surface area contributed by atoms with Crippen LogP contribution >= 0.6 is 0 Å². The van der Waals surface area contributed by atoms with Crippen molar-refractivity contribution < 1.29 is 4.79 Å². The molecule has 1 aliphatic rings. The Kier molecular flexibility index (Phi) is 6.91. The molecule has 0 radical (unpaired) electrons. The zero-order valence-corrected chi connectivity index (χ0v) is 17.5. The van der Waals surface area contributed by atoms with Crippen molar-refractivity contribution in [2.75, 3.05) is 0 Å². The summed E-state index contributed by atoms with van der Waals surface area (Å²) in [5.74, 6) is 0.723. The average molecular weight is 399 g/mol. The lowest BCUT2D eigenvalue weighted by molar-refractivity contribution is 0.0617. The third-order valence-corrected chi connectivity index (χ3v) is 6.21. The Morgan fingerprint density at radius 2 is 1.60 bits per heavy atom. The fourth-order valence-electron chi connectivity index (χ4n) is 4.62. The lowest BCUT2D eigenvalue weighted by Gasteiger charge is -2.36. The van der Waals surface area contributed by atoms with Crippen molar-refractivity contribution in [3.8, 4) is 0 Å². The molecule has 0 N–H and O–H groups in total. The normalized spacial score (nSPS) is 15.5. The van der Waals surface area contributed by atoms with Gasteiger partial charge in [0.15, 0.2) is 0 Å². The van der Waals surface area contributed by atoms with Gasteiger partial charge in [0.25, 0.3) is 5.91 Å². The Morgan fingerprint density at radius 3 is 2.27 bits per heavy atom. The first-order valence-electron chi connectivity index (χ1n) is 11.1. The highest BCUT2D eigenvalue weighted by Gasteiger charge is 2.29. The van der Waals surface area contributed by atoms with Crippen LogP contribution in [0.2, 0.25) is 0 Å². The maximum Gasteiger partial charge on any atom is 0.256 e. The van der Waals surface area contributed by atoms with Crippen LogP contribution in [0, 0.1) is 5.92 Å². The zero-order chi connectivity index (χ0) is 20.6. The second kappa shape index (κ2) is 10.2. The second-order valence-corrected chi connectivity index (χ2v) is 8.33. The number of pyridine rings is 1. The Labute approximate surface area is 179 Å². The highest BCUT2D eigenvalue weighted by molar-refractivity contribution is 5.94. The van der Waals surface area contributed by atoms with E-state index in [0.29, 0.717) is 18.0 Å². The van der Waals surface area contributed by atoms with E-state index in [9.17, 15) is 4.79 Å². The van der Waals surface area contributed by atoms with Gasteiger partial charge in [0.1, 0.15) is 0 Å². The maximum atomic E-state index is 13.7. The predicted molar refractivity (Wildman–Crippen MR) is 121 cm³/mol. The van der Waals surface area contributed by atoms with Crippen LogP contribution < -0.4 is 0 Å². The summed E-state index contributed by atoms with van der Waals surface area (Å²) in [4.78, 5) is 20.0. The van der Waals surface area contributed by atoms with Crippen LogP contribution in [0.3, 0.4) is 0 Å². The number of nitrogens with zero attached hydrogens (tertiary/aromatic N) is 2. The quantitative estimate of drug-likeness (QED) is 0.459. The Morgan fingerprint density at radius 1 is 0.900 bits per heavy atom. The minimum Gasteiger partial charge on any atom is -0.327 e. The molecular formula is C27H30N2O. The van der Waals surface area contributed by atoms with Gasteiger partial charge in [-0.25, -0.2) is 0 Å². The lowest BCUT2D eigenvalue weighted by atomic mass is 9.82. The van der Waals surface area contributed by atoms with E-state index in [4.69, 9.17) is 0 Å². The van der Waals surface area contributed by atoms with E-state index in [-0.39, 0.29) is 11.9 Å². The summed E-state index contributed by atoms with van der Waals surface area (Å²) < 4.78 is 0. The molecule has 1 heterocycles. The molecule has 0 saturated heterocycles. The van der Waals surface area contributed by atoms with Gasteiger partial charge < -0.3 is 4.90 Å². The van der Waals surface area contributed by atoms with Crippen LogP contribution in [-0.4, -0.2) is 15.8 Å². The summed E-state index contributed by atoms with van der Waals surface area (Å²) in [6.07, 6.45) is 10.9. The molecule has 1 aliphatic carbocycles. The van der Waals surface area contributed by atoms with Gasteiger partial charge in [0.05, 0.1) is 11.6 Å². The van der Waals surface area contributed by atoms with Gasteiger partial charge in [-0.2, -0.15) is 0 Å². The number of carbonyl (C=O) groups is 1. The van der Waals surface area contributed by atoms with Crippen molar-refractivity contribution in [3.05, 3.63) is 102 Å². The van der Waals surface area contributed by atoms with Gasteiger partial charge in [0, 0.05) is 18.9 Å². The molecule has 2 aromatic carbocycles. The first-order chi connectivity index (χ1) is 14.8. The van der Waals surface area contributed by atoms with Gasteiger partial charge >= 0.3 is 0 Å². The van der Waals surface area contributed by atoms with Gasteiger partial charge in [-0.1, -0.05) is 92.8 Å². The Balaban J connectivity index is 1.70. The number of aromatic nitrogens is 1. The fraction of sp³-hybridized carbons (Fsp3) is 0.333. The number of hydrogen-bond donors (Lipinski definition) is 0. The average Bonchev–Trinajstić information content (AvgIpc) is 2.83. The molecule has 1 unspecified atom stereocenters. The molecular weight excluding hydrogens is 368 g/mol. The summed E-state index contributed by atoms with van der Waals surface area (Å²) in [6, 6.07) is 24.6. The molecule has 154 valence electrons. The van der Waals surface area contributed by atoms with Crippen LogP contribution in [0.25, 0.3) is 0 Å². The Hall–Kier alpha value is -2.94. The predicted octanol–water partition coefficient (Wildman–Crippen LogP) is 6.44. The van der Waals surface area contributed by atoms with Gasteiger partial charge in [-0.05, 0) is 35.6 Å². The zero-order valence-electron chi connectivity index (χ0n) is 17.5. The molecule has 1 aromatic heterocycles. The third kappa shape index (κ3) is 5.15. The summed E-state index contributed by atoms with van der Waals surface area (Å²) in [6.45, 7) is 0.598. The highest BCUT2D eigenvalue weighted by Crippen LogP contribution is 2.36. The second-order valence-electron chi connectivity index (χ2n) is 8.33. The van der Waals surface area contributed by atoms with Crippen molar-refractivity contribution in [2.45, 2.75) is 51.1 Å². The largest absolute Gasteiger partial charge is 0.327 e. The van der Waals surface area contributed by atoms with E-state index < -0.39 is 0 Å². The van der Waals surface area contributed by atoms with Gasteiger partial charge in [-0.3, -0.25) is 9.78 Å². The van der Waals surface area contributed by atoms with Crippen molar-refractivity contribution in [2.24, 2.45) is 5.92 Å². The van der Waals surface area contributed by atoms with E-state index in [0.717, 1.165) is 12.0 Å². The molecule has 1 atom stereocenters. The summed E-state index contributed by atoms with van der Waals surface area (Å²) in [5.41, 5.74) is 3.02. The Bertz CT molecular complexity index is 905. The maximum absolute atomic E-state index is 13.7. The van der Waals surface area contributed by atoms with Crippen LogP contribution in [0.1, 0.15) is 66.1 Å². The fourth-order valence-corrected chi connectivity index (χ4v) is 4.62. The number of hydrogen-bond acceptors (Lipinski definition) is 2. The lowest BCUT2D eigenvalue weighted by Crippen LogP contribution is -2.36. The first kappa shape index (κ1) is 20.3. The first-order valence-corrected chi connectivity index (χ1v) is 11.1. The molecule has 3 aromatic rings. The van der Waals surface area contributed by atoms with Crippen LogP contribution in [-0.2, 0) is 6.54 Å². The summed E-state index contributed by atoms with van der Waals surface area (Å²) >= 11 is 0. The molecule has 4 rings (SSSR count). The smallest absolute Gasteiger partial charge is 0.256 e. The van der Waals surface area contributed by atoms with Gasteiger partial charge in [0.2, 0.25) is 0 Å². The molecule has 3 heteroatoms. The molecule has 1 fully saturated rings. The number of rotatable bonds is 7. The van der Waals surface area contributed by atoms with E-state index >= 15 is 0 Å².